The number of aliphatic imine (C=N–C) groups is 1. The third-order valence-corrected chi connectivity index (χ3v) is 4.88. The fourth-order valence-corrected chi connectivity index (χ4v) is 3.31. The highest BCUT2D eigenvalue weighted by molar-refractivity contribution is 14.0. The van der Waals surface area contributed by atoms with Crippen molar-refractivity contribution in [1.82, 2.24) is 9.80 Å². The zero-order chi connectivity index (χ0) is 17.4. The Morgan fingerprint density at radius 3 is 2.40 bits per heavy atom. The zero-order valence-corrected chi connectivity index (χ0v) is 18.4. The van der Waals surface area contributed by atoms with Gasteiger partial charge in [-0.25, -0.2) is 0 Å². The van der Waals surface area contributed by atoms with E-state index in [4.69, 9.17) is 17.3 Å². The summed E-state index contributed by atoms with van der Waals surface area (Å²) in [6.45, 7) is 12.1. The average Bonchev–Trinajstić information content (AvgIpc) is 2.61. The van der Waals surface area contributed by atoms with E-state index >= 15 is 0 Å². The molecule has 142 valence electrons. The summed E-state index contributed by atoms with van der Waals surface area (Å²) in [5.74, 6) is 0.670. The van der Waals surface area contributed by atoms with E-state index in [0.717, 1.165) is 69.5 Å². The van der Waals surface area contributed by atoms with Crippen LogP contribution >= 0.6 is 35.6 Å². The number of benzene rings is 1. The summed E-state index contributed by atoms with van der Waals surface area (Å²) < 4.78 is 0. The van der Waals surface area contributed by atoms with Crippen LogP contribution in [0.1, 0.15) is 20.3 Å². The van der Waals surface area contributed by atoms with Gasteiger partial charge in [-0.15, -0.1) is 24.0 Å². The lowest BCUT2D eigenvalue weighted by Crippen LogP contribution is -2.46. The van der Waals surface area contributed by atoms with Crippen molar-refractivity contribution >= 4 is 47.2 Å². The van der Waals surface area contributed by atoms with Gasteiger partial charge in [-0.05, 0) is 32.4 Å². The van der Waals surface area contributed by atoms with E-state index in [1.165, 1.54) is 0 Å². The second-order valence-electron chi connectivity index (χ2n) is 6.05. The molecule has 0 aliphatic carbocycles. The topological polar surface area (TPSA) is 48.1 Å². The first-order chi connectivity index (χ1) is 11.7. The van der Waals surface area contributed by atoms with Crippen LogP contribution in [0.5, 0.6) is 0 Å². The Balaban J connectivity index is 0.00000312. The van der Waals surface area contributed by atoms with E-state index in [1.807, 2.05) is 18.2 Å². The van der Waals surface area contributed by atoms with E-state index in [2.05, 4.69) is 39.6 Å². The normalized spacial score (nSPS) is 15.8. The predicted octanol–water partition coefficient (Wildman–Crippen LogP) is 3.13. The Bertz CT molecular complexity index is 528. The molecule has 0 bridgehead atoms. The first kappa shape index (κ1) is 22.3. The molecule has 1 fully saturated rings. The molecule has 7 heteroatoms. The number of halogens is 2. The van der Waals surface area contributed by atoms with Crippen molar-refractivity contribution < 1.29 is 0 Å². The van der Waals surface area contributed by atoms with Crippen molar-refractivity contribution in [1.29, 1.82) is 0 Å². The molecule has 1 aromatic rings. The summed E-state index contributed by atoms with van der Waals surface area (Å²) in [5, 5.41) is 0.840. The van der Waals surface area contributed by atoms with Gasteiger partial charge in [-0.1, -0.05) is 23.7 Å². The highest BCUT2D eigenvalue weighted by Crippen LogP contribution is 2.25. The molecule has 0 spiro atoms. The van der Waals surface area contributed by atoms with Gasteiger partial charge in [-0.2, -0.15) is 0 Å². The molecule has 1 saturated heterocycles. The van der Waals surface area contributed by atoms with Crippen LogP contribution in [0.2, 0.25) is 5.02 Å². The van der Waals surface area contributed by atoms with Crippen LogP contribution in [-0.2, 0) is 0 Å². The van der Waals surface area contributed by atoms with E-state index in [1.54, 1.807) is 0 Å². The standard InChI is InChI=1S/C18H30ClN5.HI/c1-3-23(4-2)18(20)21-10-7-11-22-12-14-24(15-13-22)17-9-6-5-8-16(17)19;/h5-6,8-9H,3-4,7,10-15H2,1-2H3,(H2,20,21);1H. The SMILES string of the molecule is CCN(CC)C(N)=NCCCN1CCN(c2ccccc2Cl)CC1.I. The Kier molecular flexibility index (Phi) is 10.5. The van der Waals surface area contributed by atoms with Crippen LogP contribution in [0.25, 0.3) is 0 Å². The number of rotatable bonds is 7. The van der Waals surface area contributed by atoms with Gasteiger partial charge >= 0.3 is 0 Å². The minimum atomic E-state index is 0. The number of nitrogens with two attached hydrogens (primary N) is 1. The number of nitrogens with zero attached hydrogens (tertiary/aromatic N) is 4. The summed E-state index contributed by atoms with van der Waals surface area (Å²) in [6.07, 6.45) is 1.05. The van der Waals surface area contributed by atoms with Crippen molar-refractivity contribution in [3.05, 3.63) is 29.3 Å². The molecule has 2 rings (SSSR count). The summed E-state index contributed by atoms with van der Waals surface area (Å²) in [4.78, 5) is 11.4. The number of hydrogen-bond acceptors (Lipinski definition) is 3. The van der Waals surface area contributed by atoms with Gasteiger partial charge in [0.15, 0.2) is 5.96 Å². The smallest absolute Gasteiger partial charge is 0.191 e. The summed E-state index contributed by atoms with van der Waals surface area (Å²) in [6, 6.07) is 8.09. The van der Waals surface area contributed by atoms with E-state index < -0.39 is 0 Å². The van der Waals surface area contributed by atoms with Crippen LogP contribution in [0, 0.1) is 0 Å². The van der Waals surface area contributed by atoms with Crippen LogP contribution in [-0.4, -0.2) is 68.1 Å². The van der Waals surface area contributed by atoms with Crippen molar-refractivity contribution in [3.8, 4) is 0 Å². The fourth-order valence-electron chi connectivity index (χ4n) is 3.06. The van der Waals surface area contributed by atoms with Crippen LogP contribution in [0.3, 0.4) is 0 Å². The fraction of sp³-hybridized carbons (Fsp3) is 0.611. The number of guanidine groups is 1. The van der Waals surface area contributed by atoms with Gasteiger partial charge in [0.05, 0.1) is 10.7 Å². The van der Waals surface area contributed by atoms with Crippen LogP contribution in [0.4, 0.5) is 5.69 Å². The minimum absolute atomic E-state index is 0. The van der Waals surface area contributed by atoms with Gasteiger partial charge < -0.3 is 15.5 Å². The van der Waals surface area contributed by atoms with Crippen molar-refractivity contribution in [3.63, 3.8) is 0 Å². The lowest BCUT2D eigenvalue weighted by Gasteiger charge is -2.36. The molecule has 1 aliphatic heterocycles. The third kappa shape index (κ3) is 6.83. The van der Waals surface area contributed by atoms with Gasteiger partial charge in [0.2, 0.25) is 0 Å². The molecule has 2 N–H and O–H groups in total. The second-order valence-corrected chi connectivity index (χ2v) is 6.45. The third-order valence-electron chi connectivity index (χ3n) is 4.56. The molecule has 0 saturated carbocycles. The van der Waals surface area contributed by atoms with E-state index in [-0.39, 0.29) is 24.0 Å². The summed E-state index contributed by atoms with van der Waals surface area (Å²) >= 11 is 6.29. The van der Waals surface area contributed by atoms with Gasteiger partial charge in [0.25, 0.3) is 0 Å². The largest absolute Gasteiger partial charge is 0.370 e. The molecule has 0 amide bonds. The van der Waals surface area contributed by atoms with Crippen molar-refractivity contribution in [2.45, 2.75) is 20.3 Å². The van der Waals surface area contributed by atoms with Gasteiger partial charge in [0, 0.05) is 52.4 Å². The van der Waals surface area contributed by atoms with Crippen LogP contribution in [0.15, 0.2) is 29.3 Å². The Morgan fingerprint density at radius 2 is 1.80 bits per heavy atom. The first-order valence-corrected chi connectivity index (χ1v) is 9.30. The monoisotopic (exact) mass is 479 g/mol. The minimum Gasteiger partial charge on any atom is -0.370 e. The zero-order valence-electron chi connectivity index (χ0n) is 15.3. The Morgan fingerprint density at radius 1 is 1.16 bits per heavy atom. The van der Waals surface area contributed by atoms with Crippen LogP contribution < -0.4 is 10.6 Å². The molecule has 0 aromatic heterocycles. The molecule has 1 aliphatic rings. The molecule has 5 nitrogen and oxygen atoms in total. The number of anilines is 1. The lowest BCUT2D eigenvalue weighted by molar-refractivity contribution is 0.256. The van der Waals surface area contributed by atoms with E-state index in [9.17, 15) is 0 Å². The second kappa shape index (κ2) is 11.8. The summed E-state index contributed by atoms with van der Waals surface area (Å²) in [7, 11) is 0. The quantitative estimate of drug-likeness (QED) is 0.282. The number of hydrogen-bond donors (Lipinski definition) is 1. The Labute approximate surface area is 174 Å². The van der Waals surface area contributed by atoms with Gasteiger partial charge in [-0.3, -0.25) is 9.89 Å². The molecule has 1 heterocycles. The molecule has 0 radical (unpaired) electrons. The summed E-state index contributed by atoms with van der Waals surface area (Å²) in [5.41, 5.74) is 7.15. The Hall–Kier alpha value is -0.730. The first-order valence-electron chi connectivity index (χ1n) is 8.92. The highest BCUT2D eigenvalue weighted by Gasteiger charge is 2.18. The molecule has 0 atom stereocenters. The molecule has 25 heavy (non-hydrogen) atoms. The maximum Gasteiger partial charge on any atom is 0.191 e. The highest BCUT2D eigenvalue weighted by atomic mass is 127. The predicted molar refractivity (Wildman–Crippen MR) is 120 cm³/mol. The molecular formula is C18H31ClIN5. The number of piperazine rings is 1. The molecular weight excluding hydrogens is 449 g/mol. The maximum absolute atomic E-state index is 6.29. The average molecular weight is 480 g/mol. The molecule has 1 aromatic carbocycles. The lowest BCUT2D eigenvalue weighted by atomic mass is 10.2. The van der Waals surface area contributed by atoms with Gasteiger partial charge in [0.1, 0.15) is 0 Å². The van der Waals surface area contributed by atoms with Crippen molar-refractivity contribution in [2.24, 2.45) is 10.7 Å². The molecule has 0 unspecified atom stereocenters. The van der Waals surface area contributed by atoms with Crippen molar-refractivity contribution in [2.75, 3.05) is 57.3 Å². The van der Waals surface area contributed by atoms with E-state index in [0.29, 0.717) is 5.96 Å². The maximum atomic E-state index is 6.29. The number of para-hydroxylation sites is 1.